The second kappa shape index (κ2) is 7.55. The van der Waals surface area contributed by atoms with Gasteiger partial charge in [0.1, 0.15) is 5.69 Å². The number of nitrogens with one attached hydrogen (secondary N) is 2. The van der Waals surface area contributed by atoms with Crippen molar-refractivity contribution >= 4 is 17.3 Å². The molecule has 0 saturated heterocycles. The molecule has 21 heavy (non-hydrogen) atoms. The molecule has 0 unspecified atom stereocenters. The monoisotopic (exact) mass is 295 g/mol. The number of nitrogen functional groups attached to an aromatic ring is 1. The molecule has 8 nitrogen and oxygen atoms in total. The van der Waals surface area contributed by atoms with Gasteiger partial charge in [-0.05, 0) is 32.5 Å². The van der Waals surface area contributed by atoms with Gasteiger partial charge in [0.05, 0.1) is 11.5 Å². The molecule has 0 aromatic heterocycles. The number of anilines is 1. The number of nitrogens with two attached hydrogens (primary N) is 1. The summed E-state index contributed by atoms with van der Waals surface area (Å²) in [5.41, 5.74) is 3.19. The molecular formula is C13H21N5O3. The van der Waals surface area contributed by atoms with Gasteiger partial charge in [-0.15, -0.1) is 0 Å². The molecule has 8 heteroatoms. The molecule has 0 heterocycles. The topological polar surface area (TPSA) is 114 Å². The molecule has 1 amide bonds. The summed E-state index contributed by atoms with van der Waals surface area (Å²) in [6, 6.07) is 4.82. The van der Waals surface area contributed by atoms with Crippen molar-refractivity contribution in [3.8, 4) is 0 Å². The zero-order valence-corrected chi connectivity index (χ0v) is 12.4. The molecule has 0 radical (unpaired) electrons. The van der Waals surface area contributed by atoms with Crippen LogP contribution in [0.2, 0.25) is 0 Å². The lowest BCUT2D eigenvalue weighted by Crippen LogP contribution is -2.38. The number of benzene rings is 1. The van der Waals surface area contributed by atoms with Crippen molar-refractivity contribution < 1.29 is 9.72 Å². The Morgan fingerprint density at radius 3 is 2.67 bits per heavy atom. The van der Waals surface area contributed by atoms with Crippen LogP contribution in [-0.4, -0.2) is 35.4 Å². The molecule has 0 aliphatic carbocycles. The van der Waals surface area contributed by atoms with Gasteiger partial charge in [0.15, 0.2) is 0 Å². The fourth-order valence-electron chi connectivity index (χ4n) is 1.93. The Bertz CT molecular complexity index is 519. The van der Waals surface area contributed by atoms with E-state index in [0.29, 0.717) is 6.54 Å². The van der Waals surface area contributed by atoms with E-state index in [1.165, 1.54) is 6.07 Å². The summed E-state index contributed by atoms with van der Waals surface area (Å²) in [6.45, 7) is 4.43. The van der Waals surface area contributed by atoms with E-state index in [1.54, 1.807) is 24.1 Å². The highest BCUT2D eigenvalue weighted by Gasteiger charge is 2.15. The standard InChI is InChI=1S/C13H21N5O3/c1-9(2)15-13(19)8-17(3)7-10-4-5-11(16-14)12(6-10)18(20)21/h4-6,9,16H,7-8,14H2,1-3H3,(H,15,19). The Kier molecular flexibility index (Phi) is 6.07. The second-order valence-electron chi connectivity index (χ2n) is 5.15. The fraction of sp³-hybridized carbons (Fsp3) is 0.462. The van der Waals surface area contributed by atoms with Crippen LogP contribution in [0.3, 0.4) is 0 Å². The van der Waals surface area contributed by atoms with E-state index in [0.717, 1.165) is 5.56 Å². The summed E-state index contributed by atoms with van der Waals surface area (Å²) in [7, 11) is 1.78. The number of hydrogen-bond acceptors (Lipinski definition) is 6. The van der Waals surface area contributed by atoms with Gasteiger partial charge in [0.2, 0.25) is 5.91 Å². The third kappa shape index (κ3) is 5.36. The van der Waals surface area contributed by atoms with Crippen molar-refractivity contribution in [1.29, 1.82) is 0 Å². The van der Waals surface area contributed by atoms with E-state index in [9.17, 15) is 14.9 Å². The molecule has 1 aromatic carbocycles. The summed E-state index contributed by atoms with van der Waals surface area (Å²) in [5, 5.41) is 13.7. The van der Waals surface area contributed by atoms with Crippen LogP contribution < -0.4 is 16.6 Å². The van der Waals surface area contributed by atoms with E-state index in [1.807, 2.05) is 13.8 Å². The first kappa shape index (κ1) is 16.9. The Labute approximate surface area is 123 Å². The molecule has 0 atom stereocenters. The minimum absolute atomic E-state index is 0.0813. The number of carbonyl (C=O) groups is 1. The highest BCUT2D eigenvalue weighted by Crippen LogP contribution is 2.24. The first-order valence-corrected chi connectivity index (χ1v) is 6.55. The predicted molar refractivity (Wildman–Crippen MR) is 80.5 cm³/mol. The van der Waals surface area contributed by atoms with Gasteiger partial charge in [0.25, 0.3) is 5.69 Å². The Morgan fingerprint density at radius 1 is 1.48 bits per heavy atom. The average molecular weight is 295 g/mol. The molecular weight excluding hydrogens is 274 g/mol. The molecule has 0 fully saturated rings. The number of hydrazine groups is 1. The predicted octanol–water partition coefficient (Wildman–Crippen LogP) is 0.837. The summed E-state index contributed by atoms with van der Waals surface area (Å²) in [4.78, 5) is 23.9. The van der Waals surface area contributed by atoms with Crippen molar-refractivity contribution in [2.24, 2.45) is 5.84 Å². The minimum Gasteiger partial charge on any atom is -0.353 e. The maximum absolute atomic E-state index is 11.6. The number of carbonyl (C=O) groups excluding carboxylic acids is 1. The van der Waals surface area contributed by atoms with Gasteiger partial charge in [0, 0.05) is 18.7 Å². The molecule has 0 saturated carbocycles. The second-order valence-corrected chi connectivity index (χ2v) is 5.15. The number of amides is 1. The number of nitro groups is 1. The number of nitro benzene ring substituents is 1. The van der Waals surface area contributed by atoms with Crippen LogP contribution in [0.5, 0.6) is 0 Å². The molecule has 0 spiro atoms. The number of rotatable bonds is 7. The molecule has 1 aromatic rings. The molecule has 0 aliphatic rings. The molecule has 4 N–H and O–H groups in total. The van der Waals surface area contributed by atoms with Gasteiger partial charge in [-0.2, -0.15) is 0 Å². The fourth-order valence-corrected chi connectivity index (χ4v) is 1.93. The van der Waals surface area contributed by atoms with Crippen LogP contribution in [0.15, 0.2) is 18.2 Å². The zero-order chi connectivity index (χ0) is 16.0. The van der Waals surface area contributed by atoms with Gasteiger partial charge >= 0.3 is 0 Å². The van der Waals surface area contributed by atoms with Gasteiger partial charge < -0.3 is 10.7 Å². The third-order valence-electron chi connectivity index (χ3n) is 2.73. The quantitative estimate of drug-likeness (QED) is 0.390. The number of likely N-dealkylation sites (N-methyl/N-ethyl adjacent to an activating group) is 1. The molecule has 116 valence electrons. The minimum atomic E-state index is -0.496. The lowest BCUT2D eigenvalue weighted by Gasteiger charge is -2.17. The van der Waals surface area contributed by atoms with Crippen LogP contribution >= 0.6 is 0 Å². The summed E-state index contributed by atoms with van der Waals surface area (Å²) < 4.78 is 0. The van der Waals surface area contributed by atoms with E-state index in [-0.39, 0.29) is 29.9 Å². The Morgan fingerprint density at radius 2 is 2.14 bits per heavy atom. The van der Waals surface area contributed by atoms with Crippen molar-refractivity contribution in [2.75, 3.05) is 19.0 Å². The molecule has 0 bridgehead atoms. The van der Waals surface area contributed by atoms with E-state index in [4.69, 9.17) is 5.84 Å². The van der Waals surface area contributed by atoms with Crippen molar-refractivity contribution in [3.05, 3.63) is 33.9 Å². The van der Waals surface area contributed by atoms with Crippen LogP contribution in [-0.2, 0) is 11.3 Å². The largest absolute Gasteiger partial charge is 0.353 e. The number of hydrogen-bond donors (Lipinski definition) is 3. The van der Waals surface area contributed by atoms with Crippen LogP contribution in [0.25, 0.3) is 0 Å². The summed E-state index contributed by atoms with van der Waals surface area (Å²) in [6.07, 6.45) is 0. The molecule has 0 aliphatic heterocycles. The Balaban J connectivity index is 2.72. The lowest BCUT2D eigenvalue weighted by atomic mass is 10.1. The van der Waals surface area contributed by atoms with Gasteiger partial charge in [-0.3, -0.25) is 25.7 Å². The maximum atomic E-state index is 11.6. The zero-order valence-electron chi connectivity index (χ0n) is 12.4. The van der Waals surface area contributed by atoms with Crippen molar-refractivity contribution in [2.45, 2.75) is 26.4 Å². The first-order valence-electron chi connectivity index (χ1n) is 6.55. The first-order chi connectivity index (χ1) is 9.83. The average Bonchev–Trinajstić information content (AvgIpc) is 2.37. The van der Waals surface area contributed by atoms with Crippen molar-refractivity contribution in [3.63, 3.8) is 0 Å². The van der Waals surface area contributed by atoms with Crippen LogP contribution in [0.1, 0.15) is 19.4 Å². The normalized spacial score (nSPS) is 10.8. The van der Waals surface area contributed by atoms with Gasteiger partial charge in [-0.25, -0.2) is 0 Å². The van der Waals surface area contributed by atoms with E-state index < -0.39 is 4.92 Å². The SMILES string of the molecule is CC(C)NC(=O)CN(C)Cc1ccc(NN)c([N+](=O)[O-])c1. The Hall–Kier alpha value is -2.19. The maximum Gasteiger partial charge on any atom is 0.293 e. The summed E-state index contributed by atoms with van der Waals surface area (Å²) in [5.74, 6) is 5.15. The van der Waals surface area contributed by atoms with E-state index >= 15 is 0 Å². The third-order valence-corrected chi connectivity index (χ3v) is 2.73. The smallest absolute Gasteiger partial charge is 0.293 e. The van der Waals surface area contributed by atoms with Crippen LogP contribution in [0, 0.1) is 10.1 Å². The summed E-state index contributed by atoms with van der Waals surface area (Å²) >= 11 is 0. The lowest BCUT2D eigenvalue weighted by molar-refractivity contribution is -0.384. The molecule has 1 rings (SSSR count). The van der Waals surface area contributed by atoms with Crippen molar-refractivity contribution in [1.82, 2.24) is 10.2 Å². The van der Waals surface area contributed by atoms with Crippen LogP contribution in [0.4, 0.5) is 11.4 Å². The highest BCUT2D eigenvalue weighted by molar-refractivity contribution is 5.78. The highest BCUT2D eigenvalue weighted by atomic mass is 16.6. The van der Waals surface area contributed by atoms with Gasteiger partial charge in [-0.1, -0.05) is 6.07 Å². The number of nitrogens with zero attached hydrogens (tertiary/aromatic N) is 2. The van der Waals surface area contributed by atoms with E-state index in [2.05, 4.69) is 10.7 Å².